The Labute approximate surface area is 127 Å². The van der Waals surface area contributed by atoms with Crippen LogP contribution in [0.15, 0.2) is 46.9 Å². The number of methoxy groups -OCH3 is 1. The number of para-hydroxylation sites is 1. The molecule has 0 atom stereocenters. The lowest BCUT2D eigenvalue weighted by Crippen LogP contribution is -2.15. The van der Waals surface area contributed by atoms with Crippen LogP contribution in [-0.2, 0) is 11.2 Å². The summed E-state index contributed by atoms with van der Waals surface area (Å²) in [5, 5.41) is 2.89. The first-order chi connectivity index (χ1) is 9.60. The maximum absolute atomic E-state index is 12.1. The predicted molar refractivity (Wildman–Crippen MR) is 84.2 cm³/mol. The van der Waals surface area contributed by atoms with Crippen molar-refractivity contribution in [2.24, 2.45) is 0 Å². The van der Waals surface area contributed by atoms with E-state index in [1.54, 1.807) is 7.11 Å². The maximum atomic E-state index is 12.1. The second kappa shape index (κ2) is 6.57. The van der Waals surface area contributed by atoms with Crippen LogP contribution in [0.2, 0.25) is 0 Å². The van der Waals surface area contributed by atoms with Gasteiger partial charge in [-0.2, -0.15) is 0 Å². The molecule has 3 nitrogen and oxygen atoms in total. The molecule has 1 amide bonds. The lowest BCUT2D eigenvalue weighted by Gasteiger charge is -2.09. The molecule has 0 radical (unpaired) electrons. The first-order valence-corrected chi connectivity index (χ1v) is 7.07. The summed E-state index contributed by atoms with van der Waals surface area (Å²) in [5.41, 5.74) is 2.76. The van der Waals surface area contributed by atoms with Gasteiger partial charge in [-0.25, -0.2) is 0 Å². The van der Waals surface area contributed by atoms with Crippen LogP contribution in [0.1, 0.15) is 11.1 Å². The molecule has 2 aromatic rings. The van der Waals surface area contributed by atoms with Gasteiger partial charge < -0.3 is 10.1 Å². The average molecular weight is 334 g/mol. The minimum atomic E-state index is -0.0591. The first kappa shape index (κ1) is 14.6. The molecule has 0 aliphatic carbocycles. The molecule has 0 spiro atoms. The van der Waals surface area contributed by atoms with Crippen LogP contribution in [0.4, 0.5) is 5.69 Å². The highest BCUT2D eigenvalue weighted by Gasteiger charge is 2.08. The van der Waals surface area contributed by atoms with E-state index < -0.39 is 0 Å². The fourth-order valence-corrected chi connectivity index (χ4v) is 2.20. The van der Waals surface area contributed by atoms with Crippen LogP contribution in [-0.4, -0.2) is 13.0 Å². The quantitative estimate of drug-likeness (QED) is 0.919. The van der Waals surface area contributed by atoms with Crippen molar-refractivity contribution in [1.29, 1.82) is 0 Å². The van der Waals surface area contributed by atoms with E-state index in [1.165, 1.54) is 0 Å². The van der Waals surface area contributed by atoms with E-state index in [9.17, 15) is 4.79 Å². The van der Waals surface area contributed by atoms with Crippen LogP contribution < -0.4 is 10.1 Å². The van der Waals surface area contributed by atoms with Crippen molar-refractivity contribution in [3.05, 3.63) is 58.1 Å². The van der Waals surface area contributed by atoms with E-state index >= 15 is 0 Å². The highest BCUT2D eigenvalue weighted by molar-refractivity contribution is 9.10. The summed E-state index contributed by atoms with van der Waals surface area (Å²) in [4.78, 5) is 12.1. The molecule has 0 saturated heterocycles. The Morgan fingerprint density at radius 2 is 2.00 bits per heavy atom. The number of benzene rings is 2. The minimum Gasteiger partial charge on any atom is -0.496 e. The molecular weight excluding hydrogens is 318 g/mol. The van der Waals surface area contributed by atoms with E-state index in [0.717, 1.165) is 27.0 Å². The van der Waals surface area contributed by atoms with Gasteiger partial charge in [-0.05, 0) is 36.8 Å². The summed E-state index contributed by atoms with van der Waals surface area (Å²) in [6.07, 6.45) is 0.291. The second-order valence-corrected chi connectivity index (χ2v) is 5.36. The molecule has 0 aromatic heterocycles. The van der Waals surface area contributed by atoms with E-state index in [-0.39, 0.29) is 5.91 Å². The number of ether oxygens (including phenoxy) is 1. The third-order valence-corrected chi connectivity index (χ3v) is 3.87. The van der Waals surface area contributed by atoms with Crippen LogP contribution in [0.5, 0.6) is 5.75 Å². The highest BCUT2D eigenvalue weighted by Crippen LogP contribution is 2.21. The number of halogens is 1. The summed E-state index contributed by atoms with van der Waals surface area (Å²) in [5.74, 6) is 0.672. The van der Waals surface area contributed by atoms with Gasteiger partial charge in [-0.1, -0.05) is 34.1 Å². The Balaban J connectivity index is 2.07. The van der Waals surface area contributed by atoms with Gasteiger partial charge in [0.2, 0.25) is 5.91 Å². The van der Waals surface area contributed by atoms with Gasteiger partial charge in [0.05, 0.1) is 13.5 Å². The van der Waals surface area contributed by atoms with Crippen molar-refractivity contribution in [1.82, 2.24) is 0 Å². The van der Waals surface area contributed by atoms with Crippen molar-refractivity contribution in [2.45, 2.75) is 13.3 Å². The van der Waals surface area contributed by atoms with Crippen molar-refractivity contribution in [3.63, 3.8) is 0 Å². The molecule has 4 heteroatoms. The second-order valence-electron chi connectivity index (χ2n) is 4.50. The standard InChI is InChI=1S/C16H16BrNO2/c1-11-9-13(7-8-14(11)17)18-16(19)10-12-5-3-4-6-15(12)20-2/h3-9H,10H2,1-2H3,(H,18,19). The largest absolute Gasteiger partial charge is 0.496 e. The molecule has 20 heavy (non-hydrogen) atoms. The molecule has 2 rings (SSSR count). The summed E-state index contributed by atoms with van der Waals surface area (Å²) >= 11 is 3.44. The van der Waals surface area contributed by atoms with E-state index in [2.05, 4.69) is 21.2 Å². The smallest absolute Gasteiger partial charge is 0.228 e. The lowest BCUT2D eigenvalue weighted by molar-refractivity contribution is -0.115. The summed E-state index contributed by atoms with van der Waals surface area (Å²) in [6, 6.07) is 13.3. The van der Waals surface area contributed by atoms with Gasteiger partial charge >= 0.3 is 0 Å². The van der Waals surface area contributed by atoms with Gasteiger partial charge in [-0.15, -0.1) is 0 Å². The normalized spacial score (nSPS) is 10.2. The Morgan fingerprint density at radius 3 is 2.70 bits per heavy atom. The molecule has 0 saturated carbocycles. The monoisotopic (exact) mass is 333 g/mol. The zero-order chi connectivity index (χ0) is 14.5. The number of rotatable bonds is 4. The molecule has 0 bridgehead atoms. The number of hydrogen-bond acceptors (Lipinski definition) is 2. The van der Waals surface area contributed by atoms with Gasteiger partial charge in [0.25, 0.3) is 0 Å². The Bertz CT molecular complexity index is 626. The Hall–Kier alpha value is -1.81. The van der Waals surface area contributed by atoms with Gasteiger partial charge in [0, 0.05) is 15.7 Å². The third-order valence-electron chi connectivity index (χ3n) is 2.99. The SMILES string of the molecule is COc1ccccc1CC(=O)Nc1ccc(Br)c(C)c1. The zero-order valence-electron chi connectivity index (χ0n) is 11.4. The number of aryl methyl sites for hydroxylation is 1. The van der Waals surface area contributed by atoms with Crippen LogP contribution in [0.25, 0.3) is 0 Å². The maximum Gasteiger partial charge on any atom is 0.228 e. The lowest BCUT2D eigenvalue weighted by atomic mass is 10.1. The van der Waals surface area contributed by atoms with Gasteiger partial charge in [-0.3, -0.25) is 4.79 Å². The molecule has 0 fully saturated rings. The van der Waals surface area contributed by atoms with E-state index in [4.69, 9.17) is 4.74 Å². The van der Waals surface area contributed by atoms with Crippen molar-refractivity contribution in [3.8, 4) is 5.75 Å². The number of anilines is 1. The third kappa shape index (κ3) is 3.61. The molecular formula is C16H16BrNO2. The molecule has 0 heterocycles. The average Bonchev–Trinajstić information content (AvgIpc) is 2.43. The molecule has 104 valence electrons. The first-order valence-electron chi connectivity index (χ1n) is 6.28. The van der Waals surface area contributed by atoms with Gasteiger partial charge in [0.1, 0.15) is 5.75 Å². The fraction of sp³-hybridized carbons (Fsp3) is 0.188. The summed E-state index contributed by atoms with van der Waals surface area (Å²) in [7, 11) is 1.61. The number of carbonyl (C=O) groups is 1. The molecule has 2 aromatic carbocycles. The number of hydrogen-bond donors (Lipinski definition) is 1. The van der Waals surface area contributed by atoms with Gasteiger partial charge in [0.15, 0.2) is 0 Å². The predicted octanol–water partition coefficient (Wildman–Crippen LogP) is 3.95. The molecule has 1 N–H and O–H groups in total. The Kier molecular flexibility index (Phi) is 4.79. The molecule has 0 aliphatic rings. The van der Waals surface area contributed by atoms with Crippen molar-refractivity contribution in [2.75, 3.05) is 12.4 Å². The number of carbonyl (C=O) groups excluding carboxylic acids is 1. The van der Waals surface area contributed by atoms with Crippen LogP contribution in [0, 0.1) is 6.92 Å². The number of amides is 1. The van der Waals surface area contributed by atoms with Crippen molar-refractivity contribution >= 4 is 27.5 Å². The highest BCUT2D eigenvalue weighted by atomic mass is 79.9. The Morgan fingerprint density at radius 1 is 1.25 bits per heavy atom. The van der Waals surface area contributed by atoms with Crippen LogP contribution in [0.3, 0.4) is 0 Å². The minimum absolute atomic E-state index is 0.0591. The summed E-state index contributed by atoms with van der Waals surface area (Å²) in [6.45, 7) is 1.99. The molecule has 0 unspecified atom stereocenters. The van der Waals surface area contributed by atoms with Crippen LogP contribution >= 0.6 is 15.9 Å². The number of nitrogens with one attached hydrogen (secondary N) is 1. The van der Waals surface area contributed by atoms with Crippen molar-refractivity contribution < 1.29 is 9.53 Å². The fourth-order valence-electron chi connectivity index (χ4n) is 1.95. The molecule has 0 aliphatic heterocycles. The van der Waals surface area contributed by atoms with E-state index in [0.29, 0.717) is 6.42 Å². The zero-order valence-corrected chi connectivity index (χ0v) is 13.0. The van der Waals surface area contributed by atoms with E-state index in [1.807, 2.05) is 49.4 Å². The summed E-state index contributed by atoms with van der Waals surface area (Å²) < 4.78 is 6.27. The topological polar surface area (TPSA) is 38.3 Å².